The van der Waals surface area contributed by atoms with E-state index < -0.39 is 12.0 Å². The van der Waals surface area contributed by atoms with Crippen LogP contribution in [-0.2, 0) is 4.79 Å². The average molecular weight is 427 g/mol. The van der Waals surface area contributed by atoms with Gasteiger partial charge in [0.1, 0.15) is 5.75 Å². The summed E-state index contributed by atoms with van der Waals surface area (Å²) in [5.74, 6) is 0.762. The van der Waals surface area contributed by atoms with Crippen molar-refractivity contribution in [3.63, 3.8) is 0 Å². The number of nitrogens with zero attached hydrogens (tertiary/aromatic N) is 1. The van der Waals surface area contributed by atoms with Gasteiger partial charge in [0.2, 0.25) is 5.91 Å². The van der Waals surface area contributed by atoms with Crippen LogP contribution in [-0.4, -0.2) is 51.6 Å². The molecule has 2 aromatic rings. The van der Waals surface area contributed by atoms with Crippen molar-refractivity contribution in [2.75, 3.05) is 34.9 Å². The van der Waals surface area contributed by atoms with Crippen molar-refractivity contribution >= 4 is 11.8 Å². The lowest BCUT2D eigenvalue weighted by Gasteiger charge is -2.40. The normalized spacial score (nSPS) is 17.7. The molecule has 0 radical (unpaired) electrons. The van der Waals surface area contributed by atoms with Gasteiger partial charge < -0.3 is 24.4 Å². The first-order valence-corrected chi connectivity index (χ1v) is 10.4. The zero-order valence-electron chi connectivity index (χ0n) is 18.7. The number of unbranched alkanes of at least 4 members (excludes halogenated alkanes) is 1. The van der Waals surface area contributed by atoms with Gasteiger partial charge in [0, 0.05) is 19.2 Å². The molecule has 2 amide bonds. The number of likely N-dealkylation sites (N-methyl/N-ethyl adjacent to an activating group) is 1. The van der Waals surface area contributed by atoms with Crippen molar-refractivity contribution in [3.8, 4) is 17.2 Å². The molecule has 0 bridgehead atoms. The highest BCUT2D eigenvalue weighted by Crippen LogP contribution is 2.45. The van der Waals surface area contributed by atoms with Crippen molar-refractivity contribution in [1.29, 1.82) is 0 Å². The smallest absolute Gasteiger partial charge is 0.254 e. The zero-order chi connectivity index (χ0) is 22.5. The summed E-state index contributed by atoms with van der Waals surface area (Å²) in [6.45, 7) is 2.66. The number of methoxy groups -OCH3 is 3. The maximum Gasteiger partial charge on any atom is 0.254 e. The van der Waals surface area contributed by atoms with Crippen molar-refractivity contribution in [1.82, 2.24) is 10.2 Å². The number of ether oxygens (including phenoxy) is 3. The summed E-state index contributed by atoms with van der Waals surface area (Å²) in [6, 6.07) is 10.4. The Morgan fingerprint density at radius 3 is 2.26 bits per heavy atom. The molecular formula is C24H30N2O5. The van der Waals surface area contributed by atoms with E-state index in [4.69, 9.17) is 14.2 Å². The van der Waals surface area contributed by atoms with Crippen LogP contribution >= 0.6 is 0 Å². The molecule has 0 aliphatic carbocycles. The maximum absolute atomic E-state index is 13.4. The van der Waals surface area contributed by atoms with E-state index in [1.54, 1.807) is 31.2 Å². The molecular weight excluding hydrogens is 396 g/mol. The Balaban J connectivity index is 2.15. The van der Waals surface area contributed by atoms with Crippen LogP contribution in [0, 0.1) is 0 Å². The van der Waals surface area contributed by atoms with Crippen molar-refractivity contribution in [3.05, 3.63) is 53.1 Å². The van der Waals surface area contributed by atoms with E-state index in [-0.39, 0.29) is 11.8 Å². The number of amides is 2. The van der Waals surface area contributed by atoms with Crippen LogP contribution in [0.1, 0.15) is 53.2 Å². The summed E-state index contributed by atoms with van der Waals surface area (Å²) in [5.41, 5.74) is 1.93. The van der Waals surface area contributed by atoms with Gasteiger partial charge in [-0.15, -0.1) is 0 Å². The van der Waals surface area contributed by atoms with Crippen LogP contribution in [0.3, 0.4) is 0 Å². The molecule has 7 nitrogen and oxygen atoms in total. The largest absolute Gasteiger partial charge is 0.497 e. The Bertz CT molecular complexity index is 942. The summed E-state index contributed by atoms with van der Waals surface area (Å²) in [7, 11) is 6.39. The topological polar surface area (TPSA) is 77.1 Å². The van der Waals surface area contributed by atoms with E-state index >= 15 is 0 Å². The Morgan fingerprint density at radius 2 is 1.68 bits per heavy atom. The zero-order valence-corrected chi connectivity index (χ0v) is 18.7. The summed E-state index contributed by atoms with van der Waals surface area (Å²) in [5, 5.41) is 3.04. The van der Waals surface area contributed by atoms with Gasteiger partial charge in [0.05, 0.1) is 33.3 Å². The van der Waals surface area contributed by atoms with Gasteiger partial charge >= 0.3 is 0 Å². The monoisotopic (exact) mass is 426 g/mol. The van der Waals surface area contributed by atoms with Crippen LogP contribution in [0.5, 0.6) is 17.2 Å². The van der Waals surface area contributed by atoms with Gasteiger partial charge in [-0.3, -0.25) is 9.59 Å². The maximum atomic E-state index is 13.4. The molecule has 166 valence electrons. The second kappa shape index (κ2) is 9.73. The Kier molecular flexibility index (Phi) is 7.05. The van der Waals surface area contributed by atoms with E-state index in [1.165, 1.54) is 14.2 Å². The summed E-state index contributed by atoms with van der Waals surface area (Å²) in [6.07, 6.45) is 1.87. The third-order valence-corrected chi connectivity index (χ3v) is 5.74. The third-order valence-electron chi connectivity index (χ3n) is 5.74. The number of carbonyl (C=O) groups is 2. The minimum atomic E-state index is -0.595. The summed E-state index contributed by atoms with van der Waals surface area (Å²) >= 11 is 0. The van der Waals surface area contributed by atoms with Crippen molar-refractivity contribution < 1.29 is 23.8 Å². The lowest BCUT2D eigenvalue weighted by Crippen LogP contribution is -2.45. The minimum Gasteiger partial charge on any atom is -0.497 e. The second-order valence-electron chi connectivity index (χ2n) is 7.55. The summed E-state index contributed by atoms with van der Waals surface area (Å²) < 4.78 is 16.1. The van der Waals surface area contributed by atoms with Gasteiger partial charge in [0.25, 0.3) is 5.91 Å². The number of rotatable bonds is 8. The van der Waals surface area contributed by atoms with Crippen LogP contribution in [0.15, 0.2) is 36.4 Å². The quantitative estimate of drug-likeness (QED) is 0.654. The molecule has 0 unspecified atom stereocenters. The Hall–Kier alpha value is -3.22. The van der Waals surface area contributed by atoms with E-state index in [0.29, 0.717) is 34.9 Å². The van der Waals surface area contributed by atoms with E-state index in [1.807, 2.05) is 24.3 Å². The summed E-state index contributed by atoms with van der Waals surface area (Å²) in [4.78, 5) is 28.3. The fourth-order valence-electron chi connectivity index (χ4n) is 4.05. The lowest BCUT2D eigenvalue weighted by atomic mass is 9.79. The fourth-order valence-corrected chi connectivity index (χ4v) is 4.05. The molecule has 2 aromatic carbocycles. The first-order chi connectivity index (χ1) is 15.0. The standard InChI is InChI=1S/C24H30N2O5/c1-6-7-12-25-23(27)21-17-13-19(30-4)20(31-5)14-18(17)24(28)26(2)22(21)15-8-10-16(29-3)11-9-15/h8-11,13-14,21-22H,6-7,12H2,1-5H3,(H,25,27)/t21-,22-/m1/s1. The van der Waals surface area contributed by atoms with E-state index in [9.17, 15) is 9.59 Å². The van der Waals surface area contributed by atoms with Crippen LogP contribution < -0.4 is 19.5 Å². The van der Waals surface area contributed by atoms with Crippen molar-refractivity contribution in [2.45, 2.75) is 31.7 Å². The van der Waals surface area contributed by atoms with Gasteiger partial charge in [-0.05, 0) is 41.8 Å². The van der Waals surface area contributed by atoms with Crippen LogP contribution in [0.4, 0.5) is 0 Å². The first kappa shape index (κ1) is 22.5. The van der Waals surface area contributed by atoms with Gasteiger partial charge in [-0.1, -0.05) is 25.5 Å². The molecule has 0 fully saturated rings. The molecule has 3 rings (SSSR count). The molecule has 0 spiro atoms. The molecule has 2 atom stereocenters. The highest BCUT2D eigenvalue weighted by atomic mass is 16.5. The fraction of sp³-hybridized carbons (Fsp3) is 0.417. The third kappa shape index (κ3) is 4.31. The molecule has 1 aliphatic heterocycles. The molecule has 7 heteroatoms. The van der Waals surface area contributed by atoms with Crippen LogP contribution in [0.2, 0.25) is 0 Å². The highest BCUT2D eigenvalue weighted by molar-refractivity contribution is 6.02. The van der Waals surface area contributed by atoms with Crippen LogP contribution in [0.25, 0.3) is 0 Å². The number of hydrogen-bond acceptors (Lipinski definition) is 5. The predicted octanol–water partition coefficient (Wildman–Crippen LogP) is 3.54. The molecule has 0 saturated heterocycles. The highest BCUT2D eigenvalue weighted by Gasteiger charge is 2.43. The molecule has 0 aromatic heterocycles. The molecule has 1 aliphatic rings. The first-order valence-electron chi connectivity index (χ1n) is 10.4. The molecule has 31 heavy (non-hydrogen) atoms. The number of hydrogen-bond donors (Lipinski definition) is 1. The van der Waals surface area contributed by atoms with Gasteiger partial charge in [0.15, 0.2) is 11.5 Å². The molecule has 1 heterocycles. The lowest BCUT2D eigenvalue weighted by molar-refractivity contribution is -0.124. The van der Waals surface area contributed by atoms with Crippen molar-refractivity contribution in [2.24, 2.45) is 0 Å². The Morgan fingerprint density at radius 1 is 1.03 bits per heavy atom. The number of fused-ring (bicyclic) bond motifs is 1. The SMILES string of the molecule is CCCCNC(=O)[C@@H]1c2cc(OC)c(OC)cc2C(=O)N(C)[C@@H]1c1ccc(OC)cc1. The average Bonchev–Trinajstić information content (AvgIpc) is 2.80. The predicted molar refractivity (Wildman–Crippen MR) is 118 cm³/mol. The van der Waals surface area contributed by atoms with Gasteiger partial charge in [-0.25, -0.2) is 0 Å². The number of nitrogens with one attached hydrogen (secondary N) is 1. The second-order valence-corrected chi connectivity index (χ2v) is 7.55. The molecule has 0 saturated carbocycles. The Labute approximate surface area is 183 Å². The number of benzene rings is 2. The van der Waals surface area contributed by atoms with E-state index in [2.05, 4.69) is 12.2 Å². The number of carbonyl (C=O) groups excluding carboxylic acids is 2. The van der Waals surface area contributed by atoms with E-state index in [0.717, 1.165) is 18.4 Å². The van der Waals surface area contributed by atoms with Gasteiger partial charge in [-0.2, -0.15) is 0 Å². The molecule has 1 N–H and O–H groups in total. The minimum absolute atomic E-state index is 0.123.